The van der Waals surface area contributed by atoms with Crippen molar-refractivity contribution in [3.8, 4) is 11.5 Å². The molecule has 0 aliphatic carbocycles. The molecule has 0 radical (unpaired) electrons. The van der Waals surface area contributed by atoms with E-state index < -0.39 is 6.03 Å². The van der Waals surface area contributed by atoms with Crippen LogP contribution in [-0.4, -0.2) is 6.03 Å². The number of hydrogen-bond acceptors (Lipinski definition) is 4. The number of ether oxygens (including phenoxy) is 2. The van der Waals surface area contributed by atoms with Crippen LogP contribution >= 0.6 is 0 Å². The van der Waals surface area contributed by atoms with E-state index in [-0.39, 0.29) is 0 Å². The Morgan fingerprint density at radius 1 is 0.684 bits per heavy atom. The molecule has 4 heteroatoms. The highest BCUT2D eigenvalue weighted by Gasteiger charge is 2.47. The number of hydrogen-bond donors (Lipinski definition) is 0. The van der Waals surface area contributed by atoms with Crippen molar-refractivity contribution in [1.29, 1.82) is 0 Å². The van der Waals surface area contributed by atoms with Crippen molar-refractivity contribution in [1.82, 2.24) is 0 Å². The van der Waals surface area contributed by atoms with Gasteiger partial charge < -0.3 is 9.47 Å². The minimum atomic E-state index is -1.20. The quantitative estimate of drug-likeness (QED) is 0.778. The van der Waals surface area contributed by atoms with Crippen LogP contribution in [0.15, 0.2) is 58.8 Å². The van der Waals surface area contributed by atoms with Crippen LogP contribution in [0.5, 0.6) is 11.5 Å². The molecule has 0 aromatic heterocycles. The number of aryl methyl sites for hydroxylation is 2. The molecule has 3 rings (SSSR count). The average Bonchev–Trinajstić information content (AvgIpc) is 3.15. The van der Waals surface area contributed by atoms with Gasteiger partial charge in [-0.1, -0.05) is 45.6 Å². The Kier molecular flexibility index (Phi) is 2.71. The lowest BCUT2D eigenvalue weighted by atomic mass is 10.2. The molecular weight excluding hydrogens is 240 g/mol. The maximum absolute atomic E-state index is 5.65. The molecule has 0 fully saturated rings. The Morgan fingerprint density at radius 2 is 1.05 bits per heavy atom. The molecule has 1 aliphatic rings. The smallest absolute Gasteiger partial charge is 0.413 e. The van der Waals surface area contributed by atoms with Gasteiger partial charge in [-0.05, 0) is 38.1 Å². The molecule has 0 N–H and O–H groups in total. The van der Waals surface area contributed by atoms with E-state index in [9.17, 15) is 0 Å². The third kappa shape index (κ3) is 2.73. The lowest BCUT2D eigenvalue weighted by Gasteiger charge is -2.14. The normalized spacial score (nSPS) is 15.1. The molecule has 0 saturated carbocycles. The summed E-state index contributed by atoms with van der Waals surface area (Å²) in [6, 6.07) is 14.2. The Balaban J connectivity index is 1.70. The van der Waals surface area contributed by atoms with E-state index >= 15 is 0 Å². The van der Waals surface area contributed by atoms with Crippen molar-refractivity contribution in [3.05, 3.63) is 59.7 Å². The van der Waals surface area contributed by atoms with Gasteiger partial charge in [-0.3, -0.25) is 0 Å². The summed E-state index contributed by atoms with van der Waals surface area (Å²) < 4.78 is 11.3. The van der Waals surface area contributed by atoms with Crippen LogP contribution in [0.2, 0.25) is 0 Å². The second-order valence-electron chi connectivity index (χ2n) is 4.58. The van der Waals surface area contributed by atoms with Gasteiger partial charge in [0, 0.05) is 0 Å². The Morgan fingerprint density at radius 3 is 1.37 bits per heavy atom. The fourth-order valence-corrected chi connectivity index (χ4v) is 1.66. The van der Waals surface area contributed by atoms with Crippen LogP contribution in [-0.2, 0) is 0 Å². The van der Waals surface area contributed by atoms with Gasteiger partial charge in [-0.15, -0.1) is 0 Å². The highest BCUT2D eigenvalue weighted by molar-refractivity contribution is 5.29. The summed E-state index contributed by atoms with van der Waals surface area (Å²) in [7, 11) is 0. The summed E-state index contributed by atoms with van der Waals surface area (Å²) >= 11 is 0. The van der Waals surface area contributed by atoms with Gasteiger partial charge in [0.1, 0.15) is 11.5 Å². The summed E-state index contributed by atoms with van der Waals surface area (Å²) in [4.78, 5) is 0. The van der Waals surface area contributed by atoms with E-state index in [1.807, 2.05) is 62.4 Å². The van der Waals surface area contributed by atoms with Gasteiger partial charge in [0.2, 0.25) is 0 Å². The largest absolute Gasteiger partial charge is 0.506 e. The van der Waals surface area contributed by atoms with Gasteiger partial charge in [0.05, 0.1) is 0 Å². The lowest BCUT2D eigenvalue weighted by molar-refractivity contribution is -0.0387. The summed E-state index contributed by atoms with van der Waals surface area (Å²) in [6.07, 6.45) is 0. The number of nitrogens with zero attached hydrogens (tertiary/aromatic N) is 2. The first kappa shape index (κ1) is 11.7. The van der Waals surface area contributed by atoms with E-state index in [2.05, 4.69) is 10.2 Å². The molecule has 0 bridgehead atoms. The third-order valence-corrected chi connectivity index (χ3v) is 2.81. The van der Waals surface area contributed by atoms with Crippen molar-refractivity contribution in [2.45, 2.75) is 19.9 Å². The molecule has 0 amide bonds. The summed E-state index contributed by atoms with van der Waals surface area (Å²) in [6.45, 7) is 4.04. The van der Waals surface area contributed by atoms with Crippen molar-refractivity contribution in [3.63, 3.8) is 0 Å². The third-order valence-electron chi connectivity index (χ3n) is 2.81. The zero-order valence-electron chi connectivity index (χ0n) is 10.8. The Labute approximate surface area is 111 Å². The average molecular weight is 254 g/mol. The fourth-order valence-electron chi connectivity index (χ4n) is 1.66. The zero-order chi connectivity index (χ0) is 13.3. The molecule has 0 unspecified atom stereocenters. The van der Waals surface area contributed by atoms with Crippen LogP contribution < -0.4 is 9.47 Å². The molecule has 0 atom stereocenters. The molecule has 0 spiro atoms. The summed E-state index contributed by atoms with van der Waals surface area (Å²) in [5.41, 5.74) is 2.34. The first-order chi connectivity index (χ1) is 9.15. The topological polar surface area (TPSA) is 43.2 Å². The van der Waals surface area contributed by atoms with Crippen LogP contribution in [0.1, 0.15) is 11.1 Å². The lowest BCUT2D eigenvalue weighted by Crippen LogP contribution is -2.27. The van der Waals surface area contributed by atoms with Gasteiger partial charge >= 0.3 is 6.03 Å². The minimum absolute atomic E-state index is 0.683. The van der Waals surface area contributed by atoms with E-state index in [0.717, 1.165) is 0 Å². The van der Waals surface area contributed by atoms with E-state index in [1.54, 1.807) is 0 Å². The van der Waals surface area contributed by atoms with Gasteiger partial charge in [0.15, 0.2) is 0 Å². The standard InChI is InChI=1S/C15H14N2O2/c1-11-3-7-13(8-4-11)18-15(16-17-15)19-14-9-5-12(2)6-10-14/h3-10H,1-2H3. The molecule has 2 aromatic carbocycles. The highest BCUT2D eigenvalue weighted by Crippen LogP contribution is 2.34. The monoisotopic (exact) mass is 254 g/mol. The summed E-state index contributed by atoms with van der Waals surface area (Å²) in [5.74, 6) is 1.37. The van der Waals surface area contributed by atoms with Crippen LogP contribution in [0, 0.1) is 13.8 Å². The molecule has 4 nitrogen and oxygen atoms in total. The van der Waals surface area contributed by atoms with Crippen LogP contribution in [0.4, 0.5) is 0 Å². The highest BCUT2D eigenvalue weighted by atomic mass is 16.8. The van der Waals surface area contributed by atoms with Crippen LogP contribution in [0.25, 0.3) is 0 Å². The van der Waals surface area contributed by atoms with Crippen molar-refractivity contribution < 1.29 is 9.47 Å². The molecular formula is C15H14N2O2. The predicted octanol–water partition coefficient (Wildman–Crippen LogP) is 3.84. The van der Waals surface area contributed by atoms with Crippen molar-refractivity contribution >= 4 is 0 Å². The first-order valence-corrected chi connectivity index (χ1v) is 6.11. The molecule has 0 saturated heterocycles. The van der Waals surface area contributed by atoms with Gasteiger partial charge in [-0.2, -0.15) is 0 Å². The Bertz CT molecular complexity index is 548. The zero-order valence-corrected chi connectivity index (χ0v) is 10.8. The molecule has 1 aliphatic heterocycles. The van der Waals surface area contributed by atoms with Crippen molar-refractivity contribution in [2.24, 2.45) is 10.2 Å². The van der Waals surface area contributed by atoms with Crippen molar-refractivity contribution in [2.75, 3.05) is 0 Å². The van der Waals surface area contributed by atoms with E-state index in [1.165, 1.54) is 11.1 Å². The van der Waals surface area contributed by atoms with Gasteiger partial charge in [0.25, 0.3) is 0 Å². The van der Waals surface area contributed by atoms with E-state index in [4.69, 9.17) is 9.47 Å². The SMILES string of the molecule is Cc1ccc(OC2(Oc3ccc(C)cc3)N=N2)cc1. The van der Waals surface area contributed by atoms with Gasteiger partial charge in [-0.25, -0.2) is 0 Å². The minimum Gasteiger partial charge on any atom is -0.413 e. The molecule has 2 aromatic rings. The molecule has 19 heavy (non-hydrogen) atoms. The Hall–Kier alpha value is -2.36. The molecule has 96 valence electrons. The summed E-state index contributed by atoms with van der Waals surface area (Å²) in [5, 5.41) is 7.70. The molecule has 1 heterocycles. The fraction of sp³-hybridized carbons (Fsp3) is 0.200. The van der Waals surface area contributed by atoms with E-state index in [0.29, 0.717) is 11.5 Å². The second kappa shape index (κ2) is 4.39. The second-order valence-corrected chi connectivity index (χ2v) is 4.58. The first-order valence-electron chi connectivity index (χ1n) is 6.11. The number of rotatable bonds is 4. The number of benzene rings is 2. The maximum atomic E-state index is 5.65. The van der Waals surface area contributed by atoms with Crippen LogP contribution in [0.3, 0.4) is 0 Å². The predicted molar refractivity (Wildman–Crippen MR) is 71.2 cm³/mol. The maximum Gasteiger partial charge on any atom is 0.506 e.